The molecule has 1 N–H and O–H groups in total. The third kappa shape index (κ3) is 4.85. The molecule has 29 heavy (non-hydrogen) atoms. The molecule has 0 radical (unpaired) electrons. The summed E-state index contributed by atoms with van der Waals surface area (Å²) in [5.41, 5.74) is 3.67. The van der Waals surface area contributed by atoms with Gasteiger partial charge in [0, 0.05) is 25.6 Å². The first-order valence-corrected chi connectivity index (χ1v) is 12.5. The van der Waals surface area contributed by atoms with Crippen LogP contribution in [0.1, 0.15) is 67.2 Å². The number of carbonyl (C=O) groups excluding carboxylic acids is 1. The molecule has 5 nitrogen and oxygen atoms in total. The third-order valence-corrected chi connectivity index (χ3v) is 9.18. The lowest BCUT2D eigenvalue weighted by molar-refractivity contribution is -0.126. The number of carbonyl (C=O) groups is 1. The minimum Gasteiger partial charge on any atom is -0.356 e. The Balaban J connectivity index is 1.62. The normalized spacial score (nSPS) is 20.0. The summed E-state index contributed by atoms with van der Waals surface area (Å²) >= 11 is 0. The van der Waals surface area contributed by atoms with Gasteiger partial charge >= 0.3 is 0 Å². The maximum absolute atomic E-state index is 13.4. The number of aryl methyl sites for hydroxylation is 2. The quantitative estimate of drug-likeness (QED) is 0.782. The second-order valence-electron chi connectivity index (χ2n) is 9.02. The van der Waals surface area contributed by atoms with E-state index in [1.165, 1.54) is 32.1 Å². The Labute approximate surface area is 176 Å². The molecular weight excluding hydrogens is 384 g/mol. The molecule has 0 unspecified atom stereocenters. The number of sulfonamides is 1. The van der Waals surface area contributed by atoms with E-state index in [9.17, 15) is 13.2 Å². The molecule has 2 fully saturated rings. The highest BCUT2D eigenvalue weighted by Gasteiger charge is 2.34. The molecular formula is C23H36N2O3S. The van der Waals surface area contributed by atoms with Gasteiger partial charge in [-0.3, -0.25) is 4.79 Å². The minimum absolute atomic E-state index is 0.0773. The van der Waals surface area contributed by atoms with Crippen molar-refractivity contribution in [2.75, 3.05) is 19.6 Å². The fourth-order valence-electron chi connectivity index (χ4n) is 4.84. The number of nitrogens with one attached hydrogen (secondary N) is 1. The third-order valence-electron chi connectivity index (χ3n) is 7.01. The number of hydrogen-bond donors (Lipinski definition) is 1. The second-order valence-corrected chi connectivity index (χ2v) is 10.9. The van der Waals surface area contributed by atoms with Crippen molar-refractivity contribution in [1.82, 2.24) is 9.62 Å². The molecule has 0 aromatic heterocycles. The van der Waals surface area contributed by atoms with Gasteiger partial charge in [-0.2, -0.15) is 4.31 Å². The molecule has 0 atom stereocenters. The van der Waals surface area contributed by atoms with Gasteiger partial charge in [-0.25, -0.2) is 8.42 Å². The Hall–Kier alpha value is -1.40. The minimum atomic E-state index is -3.55. The van der Waals surface area contributed by atoms with Crippen LogP contribution in [-0.4, -0.2) is 38.3 Å². The van der Waals surface area contributed by atoms with Crippen LogP contribution < -0.4 is 5.32 Å². The van der Waals surface area contributed by atoms with E-state index in [4.69, 9.17) is 0 Å². The van der Waals surface area contributed by atoms with E-state index in [1.807, 2.05) is 33.8 Å². The molecule has 2 aliphatic rings. The van der Waals surface area contributed by atoms with E-state index in [-0.39, 0.29) is 11.8 Å². The van der Waals surface area contributed by atoms with Crippen LogP contribution in [-0.2, 0) is 14.8 Å². The highest BCUT2D eigenvalue weighted by atomic mass is 32.2. The van der Waals surface area contributed by atoms with Crippen LogP contribution in [0.2, 0.25) is 0 Å². The summed E-state index contributed by atoms with van der Waals surface area (Å²) in [6.07, 6.45) is 7.48. The van der Waals surface area contributed by atoms with Gasteiger partial charge in [0.2, 0.25) is 15.9 Å². The van der Waals surface area contributed by atoms with Crippen LogP contribution in [0.4, 0.5) is 0 Å². The molecule has 1 heterocycles. The predicted molar refractivity (Wildman–Crippen MR) is 116 cm³/mol. The van der Waals surface area contributed by atoms with E-state index in [0.717, 1.165) is 28.8 Å². The van der Waals surface area contributed by atoms with Gasteiger partial charge in [0.1, 0.15) is 0 Å². The van der Waals surface area contributed by atoms with Crippen LogP contribution in [0, 0.1) is 39.5 Å². The van der Waals surface area contributed by atoms with Crippen molar-refractivity contribution >= 4 is 15.9 Å². The molecule has 1 aliphatic carbocycles. The molecule has 1 aromatic carbocycles. The van der Waals surface area contributed by atoms with Crippen LogP contribution in [0.25, 0.3) is 0 Å². The molecule has 1 saturated carbocycles. The monoisotopic (exact) mass is 420 g/mol. The lowest BCUT2D eigenvalue weighted by Gasteiger charge is -2.32. The number of rotatable bonds is 5. The lowest BCUT2D eigenvalue weighted by Crippen LogP contribution is -2.44. The van der Waals surface area contributed by atoms with Gasteiger partial charge < -0.3 is 5.32 Å². The maximum atomic E-state index is 13.4. The molecule has 1 aliphatic heterocycles. The summed E-state index contributed by atoms with van der Waals surface area (Å²) in [6.45, 7) is 9.30. The number of benzene rings is 1. The number of amides is 1. The van der Waals surface area contributed by atoms with Crippen LogP contribution in [0.3, 0.4) is 0 Å². The average molecular weight is 421 g/mol. The van der Waals surface area contributed by atoms with Crippen molar-refractivity contribution in [3.63, 3.8) is 0 Å². The van der Waals surface area contributed by atoms with Crippen molar-refractivity contribution in [1.29, 1.82) is 0 Å². The molecule has 0 bridgehead atoms. The van der Waals surface area contributed by atoms with Gasteiger partial charge in [0.25, 0.3) is 0 Å². The largest absolute Gasteiger partial charge is 0.356 e. The zero-order valence-electron chi connectivity index (χ0n) is 18.4. The van der Waals surface area contributed by atoms with E-state index >= 15 is 0 Å². The van der Waals surface area contributed by atoms with Crippen molar-refractivity contribution < 1.29 is 13.2 Å². The summed E-state index contributed by atoms with van der Waals surface area (Å²) < 4.78 is 28.3. The molecule has 0 spiro atoms. The Kier molecular flexibility index (Phi) is 7.05. The SMILES string of the molecule is Cc1cc(C)c(C)c(S(=O)(=O)N2CCC(C(=O)NCC3CCCCC3)CC2)c1C. The number of hydrogen-bond acceptors (Lipinski definition) is 3. The topological polar surface area (TPSA) is 66.5 Å². The smallest absolute Gasteiger partial charge is 0.243 e. The molecule has 3 rings (SSSR count). The van der Waals surface area contributed by atoms with Crippen LogP contribution >= 0.6 is 0 Å². The summed E-state index contributed by atoms with van der Waals surface area (Å²) in [7, 11) is -3.55. The maximum Gasteiger partial charge on any atom is 0.243 e. The van der Waals surface area contributed by atoms with Crippen molar-refractivity contribution in [3.05, 3.63) is 28.3 Å². The Morgan fingerprint density at radius 3 is 2.07 bits per heavy atom. The molecule has 1 saturated heterocycles. The second kappa shape index (κ2) is 9.17. The van der Waals surface area contributed by atoms with Crippen molar-refractivity contribution in [2.24, 2.45) is 11.8 Å². The van der Waals surface area contributed by atoms with Gasteiger partial charge in [-0.1, -0.05) is 25.3 Å². The standard InChI is InChI=1S/C23H36N2O3S/c1-16-14-17(2)19(4)22(18(16)3)29(27,28)25-12-10-21(11-13-25)23(26)24-15-20-8-6-5-7-9-20/h14,20-21H,5-13,15H2,1-4H3,(H,24,26). The zero-order valence-corrected chi connectivity index (χ0v) is 19.2. The first-order chi connectivity index (χ1) is 13.7. The molecule has 1 amide bonds. The fourth-order valence-corrected chi connectivity index (χ4v) is 6.88. The molecule has 1 aromatic rings. The Bertz CT molecular complexity index is 823. The Morgan fingerprint density at radius 1 is 0.966 bits per heavy atom. The van der Waals surface area contributed by atoms with Gasteiger partial charge in [0.05, 0.1) is 4.90 Å². The Morgan fingerprint density at radius 2 is 1.52 bits per heavy atom. The zero-order chi connectivity index (χ0) is 21.2. The fraction of sp³-hybridized carbons (Fsp3) is 0.696. The van der Waals surface area contributed by atoms with Gasteiger partial charge in [-0.05, 0) is 81.5 Å². The summed E-state index contributed by atoms with van der Waals surface area (Å²) in [5, 5.41) is 3.13. The summed E-state index contributed by atoms with van der Waals surface area (Å²) in [4.78, 5) is 13.0. The summed E-state index contributed by atoms with van der Waals surface area (Å²) in [5.74, 6) is 0.640. The van der Waals surface area contributed by atoms with Crippen LogP contribution in [0.5, 0.6) is 0 Å². The average Bonchev–Trinajstić information content (AvgIpc) is 2.71. The van der Waals surface area contributed by atoms with E-state index in [1.54, 1.807) is 4.31 Å². The molecule has 162 valence electrons. The highest BCUT2D eigenvalue weighted by molar-refractivity contribution is 7.89. The lowest BCUT2D eigenvalue weighted by atomic mass is 9.89. The van der Waals surface area contributed by atoms with Gasteiger partial charge in [-0.15, -0.1) is 0 Å². The first kappa shape index (κ1) is 22.3. The van der Waals surface area contributed by atoms with Gasteiger partial charge in [0.15, 0.2) is 0 Å². The van der Waals surface area contributed by atoms with E-state index in [0.29, 0.717) is 36.7 Å². The van der Waals surface area contributed by atoms with Crippen molar-refractivity contribution in [3.8, 4) is 0 Å². The highest BCUT2D eigenvalue weighted by Crippen LogP contribution is 2.31. The van der Waals surface area contributed by atoms with Crippen molar-refractivity contribution in [2.45, 2.75) is 77.5 Å². The number of piperidine rings is 1. The molecule has 6 heteroatoms. The number of nitrogens with zero attached hydrogens (tertiary/aromatic N) is 1. The van der Waals surface area contributed by atoms with E-state index < -0.39 is 10.0 Å². The predicted octanol–water partition coefficient (Wildman–Crippen LogP) is 4.02. The van der Waals surface area contributed by atoms with E-state index in [2.05, 4.69) is 5.32 Å². The first-order valence-electron chi connectivity index (χ1n) is 11.1. The van der Waals surface area contributed by atoms with Crippen LogP contribution in [0.15, 0.2) is 11.0 Å². The summed E-state index contributed by atoms with van der Waals surface area (Å²) in [6, 6.07) is 2.05.